The molecule has 3 heterocycles. The Bertz CT molecular complexity index is 997. The first-order valence-electron chi connectivity index (χ1n) is 8.40. The van der Waals surface area contributed by atoms with Crippen molar-refractivity contribution in [2.75, 3.05) is 26.0 Å². The zero-order chi connectivity index (χ0) is 18.3. The zero-order valence-corrected chi connectivity index (χ0v) is 15.4. The standard InChI is InChI=1S/C19H19ClN4O2/c1-23(2)17(25)11-24-9-6-13-16(24)5-8-21-19(13)22-15-4-3-14(20)18-12(15)7-10-26-18/h3-6,8-9H,7,10-11H2,1-2H3,(H,21,22). The van der Waals surface area contributed by atoms with Crippen LogP contribution in [-0.4, -0.2) is 41.1 Å². The number of hydrogen-bond donors (Lipinski definition) is 1. The predicted molar refractivity (Wildman–Crippen MR) is 102 cm³/mol. The van der Waals surface area contributed by atoms with E-state index >= 15 is 0 Å². The molecule has 1 N–H and O–H groups in total. The molecule has 1 aliphatic heterocycles. The predicted octanol–water partition coefficient (Wildman–Crippen LogP) is 3.46. The highest BCUT2D eigenvalue weighted by atomic mass is 35.5. The van der Waals surface area contributed by atoms with Gasteiger partial charge in [0.1, 0.15) is 18.1 Å². The van der Waals surface area contributed by atoms with Crippen LogP contribution in [0.3, 0.4) is 0 Å². The Hall–Kier alpha value is -2.73. The van der Waals surface area contributed by atoms with Gasteiger partial charge in [0.15, 0.2) is 0 Å². The average molecular weight is 371 g/mol. The summed E-state index contributed by atoms with van der Waals surface area (Å²) in [6.45, 7) is 0.929. The van der Waals surface area contributed by atoms with Crippen molar-refractivity contribution in [2.24, 2.45) is 0 Å². The van der Waals surface area contributed by atoms with Crippen LogP contribution >= 0.6 is 11.6 Å². The van der Waals surface area contributed by atoms with Crippen LogP contribution in [0.5, 0.6) is 5.75 Å². The molecule has 0 radical (unpaired) electrons. The third-order valence-electron chi connectivity index (χ3n) is 4.57. The van der Waals surface area contributed by atoms with Gasteiger partial charge >= 0.3 is 0 Å². The van der Waals surface area contributed by atoms with E-state index in [0.29, 0.717) is 18.2 Å². The second-order valence-corrected chi connectivity index (χ2v) is 6.86. The summed E-state index contributed by atoms with van der Waals surface area (Å²) < 4.78 is 7.56. The first-order chi connectivity index (χ1) is 12.5. The third kappa shape index (κ3) is 2.86. The molecule has 134 valence electrons. The van der Waals surface area contributed by atoms with E-state index < -0.39 is 0 Å². The molecule has 0 unspecified atom stereocenters. The van der Waals surface area contributed by atoms with Crippen LogP contribution in [0.4, 0.5) is 11.5 Å². The molecule has 1 aromatic carbocycles. The minimum atomic E-state index is 0.0430. The number of benzene rings is 1. The highest BCUT2D eigenvalue weighted by Crippen LogP contribution is 2.39. The second-order valence-electron chi connectivity index (χ2n) is 6.45. The van der Waals surface area contributed by atoms with E-state index in [4.69, 9.17) is 16.3 Å². The van der Waals surface area contributed by atoms with Crippen LogP contribution in [-0.2, 0) is 17.8 Å². The normalized spacial score (nSPS) is 12.7. The largest absolute Gasteiger partial charge is 0.491 e. The van der Waals surface area contributed by atoms with Crippen LogP contribution in [0.2, 0.25) is 5.02 Å². The molecule has 26 heavy (non-hydrogen) atoms. The van der Waals surface area contributed by atoms with Crippen molar-refractivity contribution in [3.63, 3.8) is 0 Å². The Balaban J connectivity index is 1.69. The summed E-state index contributed by atoms with van der Waals surface area (Å²) in [6, 6.07) is 7.66. The van der Waals surface area contributed by atoms with Gasteiger partial charge in [-0.15, -0.1) is 0 Å². The SMILES string of the molecule is CN(C)C(=O)Cn1ccc2c(Nc3ccc(Cl)c4c3CCO4)nccc21. The van der Waals surface area contributed by atoms with Crippen LogP contribution in [0.1, 0.15) is 5.56 Å². The van der Waals surface area contributed by atoms with E-state index in [1.165, 1.54) is 0 Å². The quantitative estimate of drug-likeness (QED) is 0.764. The van der Waals surface area contributed by atoms with Crippen LogP contribution < -0.4 is 10.1 Å². The Morgan fingerprint density at radius 3 is 3.00 bits per heavy atom. The number of carbonyl (C=O) groups is 1. The average Bonchev–Trinajstić information content (AvgIpc) is 3.26. The number of amides is 1. The number of rotatable bonds is 4. The molecular formula is C19H19ClN4O2. The Morgan fingerprint density at radius 1 is 1.35 bits per heavy atom. The Kier molecular flexibility index (Phi) is 4.20. The summed E-state index contributed by atoms with van der Waals surface area (Å²) in [4.78, 5) is 18.1. The van der Waals surface area contributed by atoms with Crippen molar-refractivity contribution in [2.45, 2.75) is 13.0 Å². The lowest BCUT2D eigenvalue weighted by atomic mass is 10.1. The van der Waals surface area contributed by atoms with Crippen LogP contribution in [0, 0.1) is 0 Å². The fourth-order valence-corrected chi connectivity index (χ4v) is 3.38. The fourth-order valence-electron chi connectivity index (χ4n) is 3.15. The second kappa shape index (κ2) is 6.53. The van der Waals surface area contributed by atoms with E-state index in [0.717, 1.165) is 40.1 Å². The summed E-state index contributed by atoms with van der Waals surface area (Å²) >= 11 is 6.21. The van der Waals surface area contributed by atoms with Gasteiger partial charge in [-0.1, -0.05) is 11.6 Å². The molecule has 0 saturated heterocycles. The monoisotopic (exact) mass is 370 g/mol. The molecule has 0 bridgehead atoms. The highest BCUT2D eigenvalue weighted by molar-refractivity contribution is 6.32. The van der Waals surface area contributed by atoms with E-state index in [1.54, 1.807) is 25.2 Å². The number of pyridine rings is 1. The number of aromatic nitrogens is 2. The number of nitrogens with zero attached hydrogens (tertiary/aromatic N) is 3. The van der Waals surface area contributed by atoms with E-state index in [9.17, 15) is 4.79 Å². The molecule has 0 spiro atoms. The van der Waals surface area contributed by atoms with Gasteiger partial charge in [0.25, 0.3) is 0 Å². The fraction of sp³-hybridized carbons (Fsp3) is 0.263. The molecule has 1 aliphatic rings. The van der Waals surface area contributed by atoms with Gasteiger partial charge in [-0.25, -0.2) is 4.98 Å². The molecule has 3 aromatic rings. The van der Waals surface area contributed by atoms with Crippen molar-refractivity contribution in [1.29, 1.82) is 0 Å². The van der Waals surface area contributed by atoms with Crippen molar-refractivity contribution < 1.29 is 9.53 Å². The van der Waals surface area contributed by atoms with Crippen molar-refractivity contribution in [3.05, 3.63) is 47.2 Å². The molecule has 7 heteroatoms. The smallest absolute Gasteiger partial charge is 0.241 e. The maximum atomic E-state index is 12.0. The summed E-state index contributed by atoms with van der Waals surface area (Å²) in [6.07, 6.45) is 4.47. The number of anilines is 2. The Morgan fingerprint density at radius 2 is 2.19 bits per heavy atom. The molecule has 0 fully saturated rings. The summed E-state index contributed by atoms with van der Waals surface area (Å²) in [5.74, 6) is 1.54. The first-order valence-corrected chi connectivity index (χ1v) is 8.77. The summed E-state index contributed by atoms with van der Waals surface area (Å²) in [5.41, 5.74) is 2.97. The number of hydrogen-bond acceptors (Lipinski definition) is 4. The highest BCUT2D eigenvalue weighted by Gasteiger charge is 2.20. The van der Waals surface area contributed by atoms with Gasteiger partial charge in [0, 0.05) is 49.5 Å². The number of ether oxygens (including phenoxy) is 1. The van der Waals surface area contributed by atoms with Crippen molar-refractivity contribution in [3.8, 4) is 5.75 Å². The minimum absolute atomic E-state index is 0.0430. The number of halogens is 1. The molecule has 1 amide bonds. The first kappa shape index (κ1) is 16.7. The number of carbonyl (C=O) groups excluding carboxylic acids is 1. The lowest BCUT2D eigenvalue weighted by Crippen LogP contribution is -2.25. The maximum Gasteiger partial charge on any atom is 0.241 e. The van der Waals surface area contributed by atoms with E-state index in [2.05, 4.69) is 10.3 Å². The van der Waals surface area contributed by atoms with Gasteiger partial charge in [0.2, 0.25) is 5.91 Å². The number of nitrogens with one attached hydrogen (secondary N) is 1. The molecule has 2 aromatic heterocycles. The molecule has 0 aliphatic carbocycles. The lowest BCUT2D eigenvalue weighted by Gasteiger charge is -2.13. The minimum Gasteiger partial charge on any atom is -0.491 e. The topological polar surface area (TPSA) is 59.4 Å². The summed E-state index contributed by atoms with van der Waals surface area (Å²) in [7, 11) is 3.51. The maximum absolute atomic E-state index is 12.0. The number of fused-ring (bicyclic) bond motifs is 2. The molecule has 0 saturated carbocycles. The van der Waals surface area contributed by atoms with Gasteiger partial charge in [-0.3, -0.25) is 4.79 Å². The van der Waals surface area contributed by atoms with E-state index in [-0.39, 0.29) is 5.91 Å². The number of likely N-dealkylation sites (N-methyl/N-ethyl adjacent to an activating group) is 1. The molecule has 0 atom stereocenters. The molecular weight excluding hydrogens is 352 g/mol. The molecule has 4 rings (SSSR count). The van der Waals surface area contributed by atoms with Crippen LogP contribution in [0.15, 0.2) is 36.7 Å². The van der Waals surface area contributed by atoms with Crippen molar-refractivity contribution >= 4 is 39.9 Å². The Labute approximate surface area is 156 Å². The van der Waals surface area contributed by atoms with Crippen molar-refractivity contribution in [1.82, 2.24) is 14.5 Å². The lowest BCUT2D eigenvalue weighted by molar-refractivity contribution is -0.129. The zero-order valence-electron chi connectivity index (χ0n) is 14.6. The third-order valence-corrected chi connectivity index (χ3v) is 4.86. The van der Waals surface area contributed by atoms with E-state index in [1.807, 2.05) is 35.0 Å². The van der Waals surface area contributed by atoms with Crippen LogP contribution in [0.25, 0.3) is 10.9 Å². The van der Waals surface area contributed by atoms with Gasteiger partial charge in [0.05, 0.1) is 17.1 Å². The summed E-state index contributed by atoms with van der Waals surface area (Å²) in [5, 5.41) is 4.99. The van der Waals surface area contributed by atoms with Gasteiger partial charge in [-0.2, -0.15) is 0 Å². The molecule has 6 nitrogen and oxygen atoms in total. The van der Waals surface area contributed by atoms with Gasteiger partial charge < -0.3 is 19.5 Å². The van der Waals surface area contributed by atoms with Gasteiger partial charge in [-0.05, 0) is 24.3 Å².